The normalized spacial score (nSPS) is 10.1. The maximum absolute atomic E-state index is 11.9. The van der Waals surface area contributed by atoms with Gasteiger partial charge in [0.1, 0.15) is 5.75 Å². The summed E-state index contributed by atoms with van der Waals surface area (Å²) in [6, 6.07) is 10.5. The summed E-state index contributed by atoms with van der Waals surface area (Å²) < 4.78 is 6.15. The van der Waals surface area contributed by atoms with Crippen LogP contribution in [0.25, 0.3) is 0 Å². The minimum atomic E-state index is -0.661. The lowest BCUT2D eigenvalue weighted by Gasteiger charge is -2.05. The fourth-order valence-electron chi connectivity index (χ4n) is 1.45. The summed E-state index contributed by atoms with van der Waals surface area (Å²) in [4.78, 5) is 21.9. The van der Waals surface area contributed by atoms with Crippen molar-refractivity contribution in [3.05, 3.63) is 66.7 Å². The molecule has 0 spiro atoms. The molecule has 0 heterocycles. The maximum atomic E-state index is 11.9. The Morgan fingerprint density at radius 3 is 2.40 bits per heavy atom. The molecule has 0 aromatic heterocycles. The van der Waals surface area contributed by atoms with Crippen molar-refractivity contribution in [3.63, 3.8) is 0 Å². The molecule has 0 saturated heterocycles. The van der Waals surface area contributed by atoms with Gasteiger partial charge in [0.15, 0.2) is 0 Å². The quantitative estimate of drug-likeness (QED) is 0.255. The van der Waals surface area contributed by atoms with Gasteiger partial charge in [-0.1, -0.05) is 11.6 Å². The first-order valence-corrected chi connectivity index (χ1v) is 6.85. The Hall–Kier alpha value is -1.67. The Kier molecular flexibility index (Phi) is 4.56. The molecule has 2 aromatic carbocycles. The molecule has 0 N–H and O–H groups in total. The first-order chi connectivity index (χ1) is 9.47. The second kappa shape index (κ2) is 6.19. The highest BCUT2D eigenvalue weighted by Crippen LogP contribution is 2.24. The first-order valence-electron chi connectivity index (χ1n) is 5.39. The van der Waals surface area contributed by atoms with Gasteiger partial charge in [-0.3, -0.25) is 10.1 Å². The number of carbonyl (C=O) groups is 1. The number of rotatable bonds is 3. The first kappa shape index (κ1) is 14.7. The van der Waals surface area contributed by atoms with E-state index in [4.69, 9.17) is 16.3 Å². The summed E-state index contributed by atoms with van der Waals surface area (Å²) in [6.45, 7) is 0. The van der Waals surface area contributed by atoms with Crippen LogP contribution in [0.2, 0.25) is 5.02 Å². The molecule has 0 radical (unpaired) electrons. The molecular weight excluding hydrogens is 397 g/mol. The number of nitro benzene ring substituents is 1. The van der Waals surface area contributed by atoms with Crippen molar-refractivity contribution in [3.8, 4) is 5.75 Å². The third-order valence-electron chi connectivity index (χ3n) is 2.41. The minimum absolute atomic E-state index is 0.0188. The summed E-state index contributed by atoms with van der Waals surface area (Å²) in [5.41, 5.74) is -0.100. The van der Waals surface area contributed by atoms with Crippen LogP contribution in [0.5, 0.6) is 5.75 Å². The lowest BCUT2D eigenvalue weighted by atomic mass is 10.2. The highest BCUT2D eigenvalue weighted by atomic mass is 127. The fourth-order valence-corrected chi connectivity index (χ4v) is 2.06. The Balaban J connectivity index is 2.21. The molecule has 0 unspecified atom stereocenters. The molecule has 0 bridgehead atoms. The molecule has 0 fully saturated rings. The Morgan fingerprint density at radius 1 is 1.20 bits per heavy atom. The van der Waals surface area contributed by atoms with Crippen molar-refractivity contribution in [1.29, 1.82) is 0 Å². The smallest absolute Gasteiger partial charge is 0.345 e. The van der Waals surface area contributed by atoms with E-state index in [2.05, 4.69) is 22.6 Å². The zero-order valence-electron chi connectivity index (χ0n) is 9.88. The number of non-ortho nitro benzene ring substituents is 1. The molecule has 7 heteroatoms. The number of ether oxygens (including phenoxy) is 1. The largest absolute Gasteiger partial charge is 0.423 e. The molecule has 2 aromatic rings. The highest BCUT2D eigenvalue weighted by Gasteiger charge is 2.16. The summed E-state index contributed by atoms with van der Waals surface area (Å²) in [7, 11) is 0. The van der Waals surface area contributed by atoms with Gasteiger partial charge in [-0.05, 0) is 52.9 Å². The average Bonchev–Trinajstić information content (AvgIpc) is 2.41. The van der Waals surface area contributed by atoms with Crippen molar-refractivity contribution < 1.29 is 14.5 Å². The molecule has 0 aliphatic heterocycles. The van der Waals surface area contributed by atoms with Gasteiger partial charge in [-0.2, -0.15) is 0 Å². The van der Waals surface area contributed by atoms with Crippen LogP contribution in [-0.4, -0.2) is 10.9 Å². The second-order valence-corrected chi connectivity index (χ2v) is 5.42. The van der Waals surface area contributed by atoms with Gasteiger partial charge in [0, 0.05) is 15.7 Å². The van der Waals surface area contributed by atoms with Gasteiger partial charge in [-0.25, -0.2) is 4.79 Å². The maximum Gasteiger partial charge on any atom is 0.345 e. The van der Waals surface area contributed by atoms with Crippen LogP contribution in [-0.2, 0) is 0 Å². The number of halogens is 2. The summed E-state index contributed by atoms with van der Waals surface area (Å²) in [5.74, 6) is -0.282. The predicted octanol–water partition coefficient (Wildman–Crippen LogP) is 4.07. The van der Waals surface area contributed by atoms with E-state index >= 15 is 0 Å². The lowest BCUT2D eigenvalue weighted by Crippen LogP contribution is -2.09. The van der Waals surface area contributed by atoms with Gasteiger partial charge in [0.25, 0.3) is 5.69 Å². The third-order valence-corrected chi connectivity index (χ3v) is 3.44. The molecule has 102 valence electrons. The van der Waals surface area contributed by atoms with Gasteiger partial charge in [-0.15, -0.1) is 0 Å². The summed E-state index contributed by atoms with van der Waals surface area (Å²) in [6.07, 6.45) is 0. The Morgan fingerprint density at radius 2 is 1.85 bits per heavy atom. The molecule has 2 rings (SSSR count). The molecule has 0 saturated carbocycles. The van der Waals surface area contributed by atoms with Gasteiger partial charge < -0.3 is 4.74 Å². The van der Waals surface area contributed by atoms with Crippen LogP contribution in [0.1, 0.15) is 10.4 Å². The van der Waals surface area contributed by atoms with Gasteiger partial charge in [0.05, 0.1) is 15.5 Å². The number of hydrogen-bond acceptors (Lipinski definition) is 4. The molecule has 0 amide bonds. The van der Waals surface area contributed by atoms with E-state index in [-0.39, 0.29) is 16.3 Å². The number of nitro groups is 1. The molecular formula is C13H7ClINO4. The average molecular weight is 404 g/mol. The van der Waals surface area contributed by atoms with Crippen LogP contribution in [0.15, 0.2) is 42.5 Å². The van der Waals surface area contributed by atoms with E-state index in [0.717, 1.165) is 9.64 Å². The number of hydrogen-bond donors (Lipinski definition) is 0. The Labute approximate surface area is 132 Å². The molecule has 0 atom stereocenters. The van der Waals surface area contributed by atoms with Crippen LogP contribution in [0, 0.1) is 13.7 Å². The van der Waals surface area contributed by atoms with Crippen LogP contribution >= 0.6 is 34.2 Å². The highest BCUT2D eigenvalue weighted by molar-refractivity contribution is 14.1. The van der Waals surface area contributed by atoms with Crippen molar-refractivity contribution in [1.82, 2.24) is 0 Å². The van der Waals surface area contributed by atoms with Crippen LogP contribution in [0.4, 0.5) is 5.69 Å². The third kappa shape index (κ3) is 3.45. The van der Waals surface area contributed by atoms with E-state index in [0.29, 0.717) is 5.75 Å². The van der Waals surface area contributed by atoms with E-state index in [1.165, 1.54) is 12.1 Å². The van der Waals surface area contributed by atoms with Gasteiger partial charge >= 0.3 is 5.97 Å². The van der Waals surface area contributed by atoms with E-state index in [1.54, 1.807) is 24.3 Å². The zero-order chi connectivity index (χ0) is 14.7. The van der Waals surface area contributed by atoms with E-state index in [9.17, 15) is 14.9 Å². The molecule has 20 heavy (non-hydrogen) atoms. The van der Waals surface area contributed by atoms with Crippen molar-refractivity contribution >= 4 is 45.8 Å². The SMILES string of the molecule is O=C(Oc1ccc(I)cc1)c1ccc([N+](=O)[O-])cc1Cl. The number of esters is 1. The van der Waals surface area contributed by atoms with Crippen molar-refractivity contribution in [2.45, 2.75) is 0 Å². The van der Waals surface area contributed by atoms with Gasteiger partial charge in [0.2, 0.25) is 0 Å². The molecule has 0 aliphatic carbocycles. The molecule has 5 nitrogen and oxygen atoms in total. The topological polar surface area (TPSA) is 69.4 Å². The lowest BCUT2D eigenvalue weighted by molar-refractivity contribution is -0.384. The Bertz CT molecular complexity index is 673. The predicted molar refractivity (Wildman–Crippen MR) is 82.2 cm³/mol. The van der Waals surface area contributed by atoms with E-state index < -0.39 is 10.9 Å². The van der Waals surface area contributed by atoms with Crippen molar-refractivity contribution in [2.24, 2.45) is 0 Å². The minimum Gasteiger partial charge on any atom is -0.423 e. The molecule has 0 aliphatic rings. The van der Waals surface area contributed by atoms with Crippen molar-refractivity contribution in [2.75, 3.05) is 0 Å². The standard InChI is InChI=1S/C13H7ClINO4/c14-12-7-9(16(18)19)3-6-11(12)13(17)20-10-4-1-8(15)2-5-10/h1-7H. The van der Waals surface area contributed by atoms with Crippen LogP contribution < -0.4 is 4.74 Å². The fraction of sp³-hybridized carbons (Fsp3) is 0. The van der Waals surface area contributed by atoms with E-state index in [1.807, 2.05) is 0 Å². The second-order valence-electron chi connectivity index (χ2n) is 3.76. The summed E-state index contributed by atoms with van der Waals surface area (Å²) in [5, 5.41) is 10.6. The number of carbonyl (C=O) groups excluding carboxylic acids is 1. The van der Waals surface area contributed by atoms with Crippen LogP contribution in [0.3, 0.4) is 0 Å². The summed E-state index contributed by atoms with van der Waals surface area (Å²) >= 11 is 7.98. The zero-order valence-corrected chi connectivity index (χ0v) is 12.8. The monoisotopic (exact) mass is 403 g/mol. The number of benzene rings is 2. The number of nitrogens with zero attached hydrogens (tertiary/aromatic N) is 1.